The molecule has 2 aromatic carbocycles. The van der Waals surface area contributed by atoms with E-state index in [0.717, 1.165) is 0 Å². The topological polar surface area (TPSA) is 134 Å². The summed E-state index contributed by atoms with van der Waals surface area (Å²) in [6.45, 7) is 1.29. The number of nitro groups is 1. The van der Waals surface area contributed by atoms with Gasteiger partial charge in [-0.25, -0.2) is 14.3 Å². The molecule has 0 spiro atoms. The van der Waals surface area contributed by atoms with Gasteiger partial charge in [0.15, 0.2) is 5.82 Å². The fourth-order valence-corrected chi connectivity index (χ4v) is 3.88. The maximum atomic E-state index is 12.6. The van der Waals surface area contributed by atoms with Crippen molar-refractivity contribution < 1.29 is 9.66 Å². The molecule has 4 rings (SSSR count). The first-order valence-corrected chi connectivity index (χ1v) is 11.3. The van der Waals surface area contributed by atoms with E-state index >= 15 is 0 Å². The van der Waals surface area contributed by atoms with Crippen LogP contribution in [0.2, 0.25) is 5.02 Å². The van der Waals surface area contributed by atoms with Crippen molar-refractivity contribution in [2.24, 2.45) is 0 Å². The summed E-state index contributed by atoms with van der Waals surface area (Å²) >= 11 is 6.35. The fourth-order valence-electron chi connectivity index (χ4n) is 3.71. The van der Waals surface area contributed by atoms with E-state index in [4.69, 9.17) is 16.3 Å². The van der Waals surface area contributed by atoms with Crippen molar-refractivity contribution in [1.82, 2.24) is 24.4 Å². The van der Waals surface area contributed by atoms with Gasteiger partial charge in [0.25, 0.3) is 5.69 Å². The highest BCUT2D eigenvalue weighted by Gasteiger charge is 2.23. The summed E-state index contributed by atoms with van der Waals surface area (Å²) in [6, 6.07) is 10.1. The van der Waals surface area contributed by atoms with Crippen molar-refractivity contribution >= 4 is 45.6 Å². The molecule has 0 radical (unpaired) electrons. The van der Waals surface area contributed by atoms with Crippen LogP contribution in [0.5, 0.6) is 5.75 Å². The molecule has 36 heavy (non-hydrogen) atoms. The number of rotatable bonds is 9. The average Bonchev–Trinajstić information content (AvgIpc) is 3.18. The molecule has 12 nitrogen and oxygen atoms in total. The number of methoxy groups -OCH3 is 1. The number of nitro benzene ring substituents is 1. The molecule has 0 atom stereocenters. The van der Waals surface area contributed by atoms with Gasteiger partial charge >= 0.3 is 5.69 Å². The number of para-hydroxylation sites is 2. The molecule has 188 valence electrons. The quantitative estimate of drug-likeness (QED) is 0.255. The standard InChI is InChI=1S/C23H25ClN8O4/c1-29(2)9-10-30(3)18-12-20(36-4)16(11-19(18)32(34)35)26-22-25-13-14(24)21(28-22)31-17-8-6-5-7-15(17)27-23(31)33/h5-8,11-13H,9-10H2,1-4H3,(H,27,33)(H,25,26,28). The second-order valence-corrected chi connectivity index (χ2v) is 8.70. The van der Waals surface area contributed by atoms with Crippen LogP contribution in [0.25, 0.3) is 16.9 Å². The predicted molar refractivity (Wildman–Crippen MR) is 139 cm³/mol. The van der Waals surface area contributed by atoms with Crippen molar-refractivity contribution in [1.29, 1.82) is 0 Å². The summed E-state index contributed by atoms with van der Waals surface area (Å²) < 4.78 is 6.85. The summed E-state index contributed by atoms with van der Waals surface area (Å²) in [5.41, 5.74) is 1.38. The zero-order valence-corrected chi connectivity index (χ0v) is 20.9. The SMILES string of the molecule is COc1cc(N(C)CCN(C)C)c([N+](=O)[O-])cc1Nc1ncc(Cl)c(-n2c(=O)[nH]c3ccccc32)n1. The number of H-pyrrole nitrogens is 1. The highest BCUT2D eigenvalue weighted by atomic mass is 35.5. The van der Waals surface area contributed by atoms with Crippen molar-refractivity contribution in [2.75, 3.05) is 51.6 Å². The number of ether oxygens (including phenoxy) is 1. The zero-order chi connectivity index (χ0) is 26.0. The largest absolute Gasteiger partial charge is 0.494 e. The van der Waals surface area contributed by atoms with Crippen LogP contribution in [0.1, 0.15) is 0 Å². The number of hydrogen-bond acceptors (Lipinski definition) is 9. The van der Waals surface area contributed by atoms with Gasteiger partial charge in [-0.15, -0.1) is 0 Å². The van der Waals surface area contributed by atoms with Crippen LogP contribution in [0.15, 0.2) is 47.4 Å². The van der Waals surface area contributed by atoms with Crippen molar-refractivity contribution in [3.05, 3.63) is 68.2 Å². The third-order valence-corrected chi connectivity index (χ3v) is 5.83. The fraction of sp³-hybridized carbons (Fsp3) is 0.261. The average molecular weight is 513 g/mol. The zero-order valence-electron chi connectivity index (χ0n) is 20.1. The Bertz CT molecular complexity index is 1480. The highest BCUT2D eigenvalue weighted by Crippen LogP contribution is 2.39. The number of anilines is 3. The van der Waals surface area contributed by atoms with E-state index in [0.29, 0.717) is 35.6 Å². The van der Waals surface area contributed by atoms with E-state index in [9.17, 15) is 14.9 Å². The van der Waals surface area contributed by atoms with Crippen LogP contribution >= 0.6 is 11.6 Å². The Morgan fingerprint density at radius 3 is 2.67 bits per heavy atom. The van der Waals surface area contributed by atoms with Gasteiger partial charge in [0.05, 0.1) is 35.0 Å². The molecule has 0 fully saturated rings. The molecule has 2 aromatic heterocycles. The first-order valence-electron chi connectivity index (χ1n) is 10.9. The number of nitrogens with one attached hydrogen (secondary N) is 2. The molecule has 0 aliphatic carbocycles. The lowest BCUT2D eigenvalue weighted by Crippen LogP contribution is -2.29. The molecule has 0 amide bonds. The number of fused-ring (bicyclic) bond motifs is 1. The number of nitrogens with zero attached hydrogens (tertiary/aromatic N) is 6. The molecule has 0 aliphatic rings. The Labute approximate surface area is 211 Å². The third-order valence-electron chi connectivity index (χ3n) is 5.56. The molecule has 0 bridgehead atoms. The van der Waals surface area contributed by atoms with E-state index < -0.39 is 10.6 Å². The lowest BCUT2D eigenvalue weighted by molar-refractivity contribution is -0.384. The summed E-state index contributed by atoms with van der Waals surface area (Å²) in [5, 5.41) is 15.0. The predicted octanol–water partition coefficient (Wildman–Crippen LogP) is 3.42. The summed E-state index contributed by atoms with van der Waals surface area (Å²) in [5.74, 6) is 0.592. The number of hydrogen-bond donors (Lipinski definition) is 2. The van der Waals surface area contributed by atoms with Crippen LogP contribution in [-0.4, -0.2) is 70.7 Å². The molecule has 2 N–H and O–H groups in total. The Kier molecular flexibility index (Phi) is 7.08. The Balaban J connectivity index is 1.75. The minimum atomic E-state index is -0.453. The minimum absolute atomic E-state index is 0.0768. The third kappa shape index (κ3) is 4.95. The maximum absolute atomic E-state index is 12.6. The maximum Gasteiger partial charge on any atom is 0.332 e. The van der Waals surface area contributed by atoms with Gasteiger partial charge in [-0.3, -0.25) is 10.1 Å². The monoisotopic (exact) mass is 512 g/mol. The lowest BCUT2D eigenvalue weighted by atomic mass is 10.2. The summed E-state index contributed by atoms with van der Waals surface area (Å²) in [7, 11) is 7.11. The van der Waals surface area contributed by atoms with Crippen LogP contribution in [-0.2, 0) is 0 Å². The molecule has 13 heteroatoms. The minimum Gasteiger partial charge on any atom is -0.494 e. The van der Waals surface area contributed by atoms with Gasteiger partial charge < -0.3 is 24.8 Å². The van der Waals surface area contributed by atoms with Gasteiger partial charge in [0.2, 0.25) is 5.95 Å². The first kappa shape index (κ1) is 24.9. The number of benzene rings is 2. The van der Waals surface area contributed by atoms with E-state index in [1.807, 2.05) is 19.0 Å². The van der Waals surface area contributed by atoms with Crippen LogP contribution in [0.3, 0.4) is 0 Å². The van der Waals surface area contributed by atoms with Gasteiger partial charge in [0.1, 0.15) is 16.5 Å². The van der Waals surface area contributed by atoms with Crippen molar-refractivity contribution in [3.8, 4) is 11.6 Å². The van der Waals surface area contributed by atoms with Gasteiger partial charge in [-0.2, -0.15) is 4.98 Å². The van der Waals surface area contributed by atoms with E-state index in [-0.39, 0.29) is 28.2 Å². The second-order valence-electron chi connectivity index (χ2n) is 8.30. The summed E-state index contributed by atoms with van der Waals surface area (Å²) in [4.78, 5) is 39.2. The summed E-state index contributed by atoms with van der Waals surface area (Å²) in [6.07, 6.45) is 1.35. The molecular weight excluding hydrogens is 488 g/mol. The number of likely N-dealkylation sites (N-methyl/N-ethyl adjacent to an activating group) is 2. The lowest BCUT2D eigenvalue weighted by Gasteiger charge is -2.22. The van der Waals surface area contributed by atoms with Crippen molar-refractivity contribution in [2.45, 2.75) is 0 Å². The molecule has 0 saturated heterocycles. The van der Waals surface area contributed by atoms with E-state index in [2.05, 4.69) is 20.3 Å². The van der Waals surface area contributed by atoms with Crippen LogP contribution < -0.4 is 20.6 Å². The van der Waals surface area contributed by atoms with Crippen LogP contribution in [0.4, 0.5) is 23.0 Å². The Morgan fingerprint density at radius 2 is 1.97 bits per heavy atom. The normalized spacial score (nSPS) is 11.2. The van der Waals surface area contributed by atoms with E-state index in [1.54, 1.807) is 42.3 Å². The molecule has 0 aliphatic heterocycles. The molecule has 2 heterocycles. The number of imidazole rings is 1. The first-order chi connectivity index (χ1) is 17.2. The molecular formula is C23H25ClN8O4. The number of aromatic nitrogens is 4. The molecule has 4 aromatic rings. The highest BCUT2D eigenvalue weighted by molar-refractivity contribution is 6.32. The number of halogens is 1. The van der Waals surface area contributed by atoms with Gasteiger partial charge in [-0.05, 0) is 26.2 Å². The second kappa shape index (κ2) is 10.2. The van der Waals surface area contributed by atoms with Gasteiger partial charge in [-0.1, -0.05) is 23.7 Å². The van der Waals surface area contributed by atoms with E-state index in [1.165, 1.54) is 23.9 Å². The Hall–Kier alpha value is -4.16. The van der Waals surface area contributed by atoms with Gasteiger partial charge in [0, 0.05) is 32.3 Å². The molecule has 0 saturated carbocycles. The number of aromatic amines is 1. The Morgan fingerprint density at radius 1 is 1.22 bits per heavy atom. The van der Waals surface area contributed by atoms with Crippen molar-refractivity contribution in [3.63, 3.8) is 0 Å². The van der Waals surface area contributed by atoms with Crippen LogP contribution in [0, 0.1) is 10.1 Å². The smallest absolute Gasteiger partial charge is 0.332 e. The molecule has 0 unspecified atom stereocenters.